The molecule has 12 nitrogen and oxygen atoms in total. The topological polar surface area (TPSA) is 178 Å². The van der Waals surface area contributed by atoms with E-state index in [0.717, 1.165) is 46.7 Å². The van der Waals surface area contributed by atoms with Crippen LogP contribution in [0.1, 0.15) is 59.8 Å². The van der Waals surface area contributed by atoms with Crippen molar-refractivity contribution in [2.24, 2.45) is 22.6 Å². The largest absolute Gasteiger partial charge is 0.492 e. The lowest BCUT2D eigenvalue weighted by atomic mass is 9.94. The number of esters is 1. The molecule has 14 heteroatoms. The van der Waals surface area contributed by atoms with Gasteiger partial charge in [0.15, 0.2) is 5.78 Å². The zero-order valence-electron chi connectivity index (χ0n) is 27.6. The molecular weight excluding hydrogens is 669 g/mol. The summed E-state index contributed by atoms with van der Waals surface area (Å²) >= 11 is 1.06. The van der Waals surface area contributed by atoms with E-state index >= 15 is 0 Å². The number of methoxy groups -OCH3 is 1. The molecular formula is C35H42N4O8S2. The molecule has 0 radical (unpaired) electrons. The fourth-order valence-corrected chi connectivity index (χ4v) is 8.48. The lowest BCUT2D eigenvalue weighted by Crippen LogP contribution is -2.36. The predicted octanol–water partition coefficient (Wildman–Crippen LogP) is 4.97. The number of hydrogen-bond acceptors (Lipinski definition) is 10. The summed E-state index contributed by atoms with van der Waals surface area (Å²) in [6.07, 6.45) is 2.37. The Morgan fingerprint density at radius 1 is 1.18 bits per heavy atom. The summed E-state index contributed by atoms with van der Waals surface area (Å²) in [5, 5.41) is 11.3. The van der Waals surface area contributed by atoms with E-state index in [9.17, 15) is 27.9 Å². The molecule has 1 atom stereocenters. The molecule has 2 aliphatic rings. The standard InChI is InChI=1S/C35H42N4O8S2/c1-22(36)37-13-5-7-25(34(41)42)19-30(40)33-29(12-17-48-33)38-49(44,45)31-20-27(18-24-11-16-47-32(24)31)28-8-4-3-6-26(28)21-39-14-9-23(10-15-39)35(43)46-2/h3-4,6,8,12,17-18,20,23,25,38H,5,7,9-11,13-16,19,21H2,1-2H3,(H2,36,37)(H,41,42)/t25-/m1/s1. The Balaban J connectivity index is 1.36. The fraction of sp³-hybridized carbons (Fsp3) is 0.429. The number of amidine groups is 1. The Bertz CT molecular complexity index is 1830. The van der Waals surface area contributed by atoms with Gasteiger partial charge in [-0.05, 0) is 91.5 Å². The number of nitrogens with zero attached hydrogens (tertiary/aromatic N) is 2. The molecule has 0 amide bonds. The van der Waals surface area contributed by atoms with Crippen LogP contribution in [0.3, 0.4) is 0 Å². The first-order valence-corrected chi connectivity index (χ1v) is 18.6. The number of aliphatic carboxylic acids is 1. The second kappa shape index (κ2) is 16.0. The van der Waals surface area contributed by atoms with Gasteiger partial charge < -0.3 is 20.3 Å². The number of carbonyl (C=O) groups is 3. The minimum absolute atomic E-state index is 0.0324. The number of likely N-dealkylation sites (tertiary alicyclic amines) is 1. The van der Waals surface area contributed by atoms with Gasteiger partial charge in [0.25, 0.3) is 10.0 Å². The molecule has 0 unspecified atom stereocenters. The van der Waals surface area contributed by atoms with Gasteiger partial charge in [0.1, 0.15) is 10.6 Å². The van der Waals surface area contributed by atoms with Crippen LogP contribution < -0.4 is 15.2 Å². The Morgan fingerprint density at radius 2 is 1.94 bits per heavy atom. The highest BCUT2D eigenvalue weighted by molar-refractivity contribution is 7.92. The maximum atomic E-state index is 14.0. The summed E-state index contributed by atoms with van der Waals surface area (Å²) in [6.45, 7) is 4.47. The number of piperidine rings is 1. The first kappa shape index (κ1) is 36.0. The van der Waals surface area contributed by atoms with Crippen molar-refractivity contribution in [1.82, 2.24) is 4.90 Å². The number of carboxylic acid groups (broad SMARTS) is 1. The average Bonchev–Trinajstić information content (AvgIpc) is 3.75. The lowest BCUT2D eigenvalue weighted by Gasteiger charge is -2.31. The Morgan fingerprint density at radius 3 is 2.65 bits per heavy atom. The van der Waals surface area contributed by atoms with Gasteiger partial charge in [0, 0.05) is 25.9 Å². The van der Waals surface area contributed by atoms with Crippen molar-refractivity contribution in [3.8, 4) is 16.9 Å². The van der Waals surface area contributed by atoms with Gasteiger partial charge in [-0.15, -0.1) is 11.3 Å². The zero-order chi connectivity index (χ0) is 35.1. The molecule has 0 bridgehead atoms. The van der Waals surface area contributed by atoms with Crippen molar-refractivity contribution in [3.05, 3.63) is 63.8 Å². The maximum absolute atomic E-state index is 14.0. The smallest absolute Gasteiger partial charge is 0.308 e. The lowest BCUT2D eigenvalue weighted by molar-refractivity contribution is -0.147. The Labute approximate surface area is 290 Å². The number of benzene rings is 2. The highest BCUT2D eigenvalue weighted by Crippen LogP contribution is 2.40. The SMILES string of the molecule is COC(=O)C1CCN(Cc2ccccc2-c2cc3c(c(S(=O)(=O)Nc4ccsc4C(=O)C[C@@H](CCCN=C(C)N)C(=O)O)c2)OCC3)CC1. The second-order valence-corrected chi connectivity index (χ2v) is 15.0. The van der Waals surface area contributed by atoms with Crippen LogP contribution in [0.5, 0.6) is 5.75 Å². The number of carbonyl (C=O) groups excluding carboxylic acids is 2. The minimum atomic E-state index is -4.24. The highest BCUT2D eigenvalue weighted by atomic mass is 32.2. The van der Waals surface area contributed by atoms with E-state index in [1.54, 1.807) is 18.4 Å². The van der Waals surface area contributed by atoms with Crippen LogP contribution in [0.15, 0.2) is 57.7 Å². The molecule has 1 aromatic heterocycles. The summed E-state index contributed by atoms with van der Waals surface area (Å²) in [5.74, 6) is -2.10. The number of aliphatic imine (C=N–C) groups is 1. The normalized spacial score (nSPS) is 16.1. The number of anilines is 1. The van der Waals surface area contributed by atoms with Gasteiger partial charge in [0.05, 0.1) is 42.0 Å². The van der Waals surface area contributed by atoms with E-state index in [-0.39, 0.29) is 45.9 Å². The van der Waals surface area contributed by atoms with Crippen LogP contribution in [0.25, 0.3) is 11.1 Å². The minimum Gasteiger partial charge on any atom is -0.492 e. The van der Waals surface area contributed by atoms with E-state index in [2.05, 4.69) is 14.6 Å². The van der Waals surface area contributed by atoms with Gasteiger partial charge in [-0.3, -0.25) is 29.0 Å². The van der Waals surface area contributed by atoms with Crippen LogP contribution in [0.2, 0.25) is 0 Å². The van der Waals surface area contributed by atoms with Crippen molar-refractivity contribution in [2.75, 3.05) is 38.1 Å². The van der Waals surface area contributed by atoms with E-state index in [1.165, 1.54) is 13.2 Å². The molecule has 1 fully saturated rings. The summed E-state index contributed by atoms with van der Waals surface area (Å²) < 4.78 is 41.4. The van der Waals surface area contributed by atoms with Crippen molar-refractivity contribution >= 4 is 50.6 Å². The Hall–Kier alpha value is -4.27. The highest BCUT2D eigenvalue weighted by Gasteiger charge is 2.31. The first-order chi connectivity index (χ1) is 23.5. The molecule has 49 heavy (non-hydrogen) atoms. The van der Waals surface area contributed by atoms with Gasteiger partial charge in [-0.1, -0.05) is 24.3 Å². The number of ketones is 1. The number of nitrogens with two attached hydrogens (primary N) is 1. The zero-order valence-corrected chi connectivity index (χ0v) is 29.3. The summed E-state index contributed by atoms with van der Waals surface area (Å²) in [5.41, 5.74) is 9.06. The van der Waals surface area contributed by atoms with Crippen molar-refractivity contribution in [3.63, 3.8) is 0 Å². The van der Waals surface area contributed by atoms with Crippen LogP contribution >= 0.6 is 11.3 Å². The molecule has 3 aromatic rings. The monoisotopic (exact) mass is 710 g/mol. The van der Waals surface area contributed by atoms with E-state index < -0.39 is 27.7 Å². The van der Waals surface area contributed by atoms with Crippen LogP contribution in [0, 0.1) is 11.8 Å². The molecule has 5 rings (SSSR count). The second-order valence-electron chi connectivity index (χ2n) is 12.4. The molecule has 262 valence electrons. The van der Waals surface area contributed by atoms with Crippen LogP contribution in [0.4, 0.5) is 5.69 Å². The van der Waals surface area contributed by atoms with Crippen LogP contribution in [-0.2, 0) is 37.3 Å². The molecule has 0 aliphatic carbocycles. The van der Waals surface area contributed by atoms with Crippen molar-refractivity contribution < 1.29 is 37.4 Å². The predicted molar refractivity (Wildman–Crippen MR) is 188 cm³/mol. The summed E-state index contributed by atoms with van der Waals surface area (Å²) in [7, 11) is -2.83. The van der Waals surface area contributed by atoms with E-state index in [1.807, 2.05) is 30.3 Å². The van der Waals surface area contributed by atoms with Gasteiger partial charge >= 0.3 is 11.9 Å². The molecule has 3 heterocycles. The van der Waals surface area contributed by atoms with Gasteiger partial charge in [-0.25, -0.2) is 8.42 Å². The number of Topliss-reactive ketones (excluding diaryl/α,β-unsaturated/α-hetero) is 1. The molecule has 1 saturated heterocycles. The maximum Gasteiger partial charge on any atom is 0.308 e. The number of carboxylic acids is 1. The quantitative estimate of drug-likeness (QED) is 0.0642. The molecule has 2 aromatic carbocycles. The number of nitrogens with one attached hydrogen (secondary N) is 1. The third-order valence-electron chi connectivity index (χ3n) is 8.90. The number of hydrogen-bond donors (Lipinski definition) is 3. The molecule has 0 spiro atoms. The number of sulfonamides is 1. The molecule has 4 N–H and O–H groups in total. The molecule has 2 aliphatic heterocycles. The Kier molecular flexibility index (Phi) is 11.7. The van der Waals surface area contributed by atoms with Gasteiger partial charge in [-0.2, -0.15) is 0 Å². The van der Waals surface area contributed by atoms with Crippen LogP contribution in [-0.4, -0.2) is 75.3 Å². The molecule has 0 saturated carbocycles. The number of thiophene rings is 1. The number of fused-ring (bicyclic) bond motifs is 1. The average molecular weight is 711 g/mol. The third kappa shape index (κ3) is 8.86. The number of rotatable bonds is 15. The van der Waals surface area contributed by atoms with Gasteiger partial charge in [0.2, 0.25) is 0 Å². The fourth-order valence-electron chi connectivity index (χ4n) is 6.33. The first-order valence-electron chi connectivity index (χ1n) is 16.3. The summed E-state index contributed by atoms with van der Waals surface area (Å²) in [6, 6.07) is 12.9. The number of ether oxygens (including phenoxy) is 2. The van der Waals surface area contributed by atoms with Crippen molar-refractivity contribution in [2.45, 2.75) is 56.9 Å². The van der Waals surface area contributed by atoms with E-state index in [4.69, 9.17) is 15.2 Å². The summed E-state index contributed by atoms with van der Waals surface area (Å²) in [4.78, 5) is 43.7. The van der Waals surface area contributed by atoms with Crippen molar-refractivity contribution in [1.29, 1.82) is 0 Å². The third-order valence-corrected chi connectivity index (χ3v) is 11.2. The van der Waals surface area contributed by atoms with E-state index in [0.29, 0.717) is 51.2 Å².